The number of ether oxygens (including phenoxy) is 2. The van der Waals surface area contributed by atoms with Gasteiger partial charge in [0.15, 0.2) is 17.6 Å². The van der Waals surface area contributed by atoms with Gasteiger partial charge in [0.25, 0.3) is 0 Å². The van der Waals surface area contributed by atoms with E-state index >= 15 is 0 Å². The lowest BCUT2D eigenvalue weighted by molar-refractivity contribution is -0.124. The van der Waals surface area contributed by atoms with E-state index in [1.165, 1.54) is 0 Å². The molecule has 0 bridgehead atoms. The zero-order valence-electron chi connectivity index (χ0n) is 19.6. The molecule has 3 unspecified atom stereocenters. The molecule has 2 aliphatic heterocycles. The lowest BCUT2D eigenvalue weighted by Gasteiger charge is -2.38. The number of primary amides is 1. The number of hydrogen-bond acceptors (Lipinski definition) is 6. The number of aliphatic hydroxyl groups excluding tert-OH is 1. The molecule has 7 nitrogen and oxygen atoms in total. The lowest BCUT2D eigenvalue weighted by atomic mass is 9.92. The Labute approximate surface area is 213 Å². The third-order valence-electron chi connectivity index (χ3n) is 6.56. The van der Waals surface area contributed by atoms with Gasteiger partial charge in [-0.05, 0) is 55.5 Å². The molecule has 2 heterocycles. The van der Waals surface area contributed by atoms with Crippen molar-refractivity contribution in [3.8, 4) is 11.5 Å². The van der Waals surface area contributed by atoms with Gasteiger partial charge in [0, 0.05) is 25.7 Å². The molecule has 2 aliphatic rings. The Balaban J connectivity index is 0.00000204. The van der Waals surface area contributed by atoms with E-state index in [4.69, 9.17) is 15.2 Å². The molecule has 0 radical (unpaired) electrons. The third kappa shape index (κ3) is 6.34. The number of carbonyl (C=O) groups is 1. The fraction of sp³-hybridized carbons (Fsp3) is 0.480. The smallest absolute Gasteiger partial charge is 0.239 e. The van der Waals surface area contributed by atoms with Crippen molar-refractivity contribution in [1.82, 2.24) is 10.2 Å². The summed E-state index contributed by atoms with van der Waals surface area (Å²) in [6, 6.07) is 13.4. The second-order valence-electron chi connectivity index (χ2n) is 8.81. The molecular formula is C25H35Cl2N3O4. The number of carbonyl (C=O) groups excluding carboxylic acids is 1. The number of likely N-dealkylation sites (tertiary alicyclic amines) is 1. The largest absolute Gasteiger partial charge is 0.486 e. The summed E-state index contributed by atoms with van der Waals surface area (Å²) < 4.78 is 11.6. The minimum atomic E-state index is -0.672. The number of nitrogens with zero attached hydrogens (tertiary/aromatic N) is 1. The van der Waals surface area contributed by atoms with Crippen LogP contribution in [0, 0.1) is 13.8 Å². The van der Waals surface area contributed by atoms with E-state index < -0.39 is 18.2 Å². The minimum Gasteiger partial charge on any atom is -0.486 e. The van der Waals surface area contributed by atoms with Gasteiger partial charge < -0.3 is 25.6 Å². The molecule has 1 saturated heterocycles. The van der Waals surface area contributed by atoms with Gasteiger partial charge in [-0.25, -0.2) is 0 Å². The van der Waals surface area contributed by atoms with Crippen molar-refractivity contribution in [2.24, 2.45) is 5.73 Å². The van der Waals surface area contributed by atoms with Gasteiger partial charge in [0.1, 0.15) is 18.8 Å². The predicted octanol–water partition coefficient (Wildman–Crippen LogP) is 2.93. The van der Waals surface area contributed by atoms with E-state index in [1.807, 2.05) is 56.3 Å². The fourth-order valence-electron chi connectivity index (χ4n) is 4.77. The topological polar surface area (TPSA) is 97.1 Å². The van der Waals surface area contributed by atoms with Crippen LogP contribution >= 0.6 is 24.8 Å². The van der Waals surface area contributed by atoms with E-state index in [-0.39, 0.29) is 36.8 Å². The van der Waals surface area contributed by atoms with Crippen LogP contribution in [0.3, 0.4) is 0 Å². The molecule has 3 atom stereocenters. The SMILES string of the molecule is Cc1cccc(C)c1C(C(N)=O)N1CCC(NCC(O)C2COc3ccccc3O2)CC1.Cl.Cl. The number of fused-ring (bicyclic) bond motifs is 1. The van der Waals surface area contributed by atoms with Crippen LogP contribution in [-0.4, -0.2) is 60.4 Å². The van der Waals surface area contributed by atoms with E-state index in [1.54, 1.807) is 0 Å². The molecule has 2 aromatic rings. The molecule has 0 spiro atoms. The molecule has 0 saturated carbocycles. The maximum Gasteiger partial charge on any atom is 0.239 e. The monoisotopic (exact) mass is 511 g/mol. The number of para-hydroxylation sites is 2. The van der Waals surface area contributed by atoms with Crippen molar-refractivity contribution >= 4 is 30.7 Å². The van der Waals surface area contributed by atoms with Crippen LogP contribution in [0.15, 0.2) is 42.5 Å². The highest BCUT2D eigenvalue weighted by Gasteiger charge is 2.32. The maximum absolute atomic E-state index is 12.4. The Morgan fingerprint density at radius 1 is 1.09 bits per heavy atom. The highest BCUT2D eigenvalue weighted by molar-refractivity contribution is 5.85. The van der Waals surface area contributed by atoms with Gasteiger partial charge in [0.05, 0.1) is 0 Å². The van der Waals surface area contributed by atoms with Crippen molar-refractivity contribution in [3.05, 3.63) is 59.2 Å². The van der Waals surface area contributed by atoms with Crippen molar-refractivity contribution in [2.45, 2.75) is 51.0 Å². The molecular weight excluding hydrogens is 477 g/mol. The van der Waals surface area contributed by atoms with Crippen LogP contribution in [0.2, 0.25) is 0 Å². The average molecular weight is 512 g/mol. The van der Waals surface area contributed by atoms with Crippen LogP contribution in [0.4, 0.5) is 0 Å². The molecule has 1 amide bonds. The number of aryl methyl sites for hydroxylation is 2. The first kappa shape index (κ1) is 28.2. The zero-order valence-corrected chi connectivity index (χ0v) is 21.2. The number of benzene rings is 2. The van der Waals surface area contributed by atoms with Crippen LogP contribution in [-0.2, 0) is 4.79 Å². The predicted molar refractivity (Wildman–Crippen MR) is 137 cm³/mol. The minimum absolute atomic E-state index is 0. The van der Waals surface area contributed by atoms with Gasteiger partial charge in [0.2, 0.25) is 5.91 Å². The van der Waals surface area contributed by atoms with E-state index in [2.05, 4.69) is 10.2 Å². The van der Waals surface area contributed by atoms with Crippen molar-refractivity contribution < 1.29 is 19.4 Å². The fourth-order valence-corrected chi connectivity index (χ4v) is 4.77. The lowest BCUT2D eigenvalue weighted by Crippen LogP contribution is -2.50. The van der Waals surface area contributed by atoms with Crippen molar-refractivity contribution in [1.29, 1.82) is 0 Å². The molecule has 2 aromatic carbocycles. The molecule has 188 valence electrons. The Morgan fingerprint density at radius 3 is 2.32 bits per heavy atom. The third-order valence-corrected chi connectivity index (χ3v) is 6.56. The summed E-state index contributed by atoms with van der Waals surface area (Å²) in [6.07, 6.45) is 0.689. The number of nitrogens with one attached hydrogen (secondary N) is 1. The zero-order chi connectivity index (χ0) is 22.7. The molecule has 1 fully saturated rings. The second kappa shape index (κ2) is 12.6. The van der Waals surface area contributed by atoms with Gasteiger partial charge >= 0.3 is 0 Å². The Kier molecular flexibility index (Phi) is 10.5. The summed E-state index contributed by atoms with van der Waals surface area (Å²) in [7, 11) is 0. The molecule has 0 aromatic heterocycles. The van der Waals surface area contributed by atoms with Crippen LogP contribution in [0.5, 0.6) is 11.5 Å². The maximum atomic E-state index is 12.4. The Hall–Kier alpha value is -2.03. The first-order valence-electron chi connectivity index (χ1n) is 11.3. The number of hydrogen-bond donors (Lipinski definition) is 3. The number of halogens is 2. The number of rotatable bonds is 7. The summed E-state index contributed by atoms with van der Waals surface area (Å²) in [5.41, 5.74) is 9.04. The second-order valence-corrected chi connectivity index (χ2v) is 8.81. The first-order valence-corrected chi connectivity index (χ1v) is 11.3. The van der Waals surface area contributed by atoms with Crippen molar-refractivity contribution in [3.63, 3.8) is 0 Å². The van der Waals surface area contributed by atoms with Gasteiger partial charge in [-0.3, -0.25) is 9.69 Å². The van der Waals surface area contributed by atoms with Crippen LogP contribution in [0.1, 0.15) is 35.6 Å². The summed E-state index contributed by atoms with van der Waals surface area (Å²) in [6.45, 7) is 6.36. The molecule has 4 N–H and O–H groups in total. The summed E-state index contributed by atoms with van der Waals surface area (Å²) in [4.78, 5) is 14.6. The summed E-state index contributed by atoms with van der Waals surface area (Å²) in [5.74, 6) is 1.07. The molecule has 34 heavy (non-hydrogen) atoms. The van der Waals surface area contributed by atoms with E-state index in [0.29, 0.717) is 24.7 Å². The Morgan fingerprint density at radius 2 is 1.71 bits per heavy atom. The van der Waals surface area contributed by atoms with Gasteiger partial charge in [-0.15, -0.1) is 24.8 Å². The van der Waals surface area contributed by atoms with E-state index in [9.17, 15) is 9.90 Å². The summed E-state index contributed by atoms with van der Waals surface area (Å²) >= 11 is 0. The molecule has 9 heteroatoms. The Bertz CT molecular complexity index is 933. The standard InChI is InChI=1S/C25H33N3O4.2ClH/c1-16-6-5-7-17(2)23(16)24(25(26)30)28-12-10-18(11-13-28)27-14-19(29)22-15-31-20-8-3-4-9-21(20)32-22;;/h3-9,18-19,22,24,27,29H,10-15H2,1-2H3,(H2,26,30);2*1H. The number of aliphatic hydroxyl groups is 1. The summed E-state index contributed by atoms with van der Waals surface area (Å²) in [5, 5.41) is 14.1. The normalized spacial score (nSPS) is 19.9. The van der Waals surface area contributed by atoms with E-state index in [0.717, 1.165) is 42.6 Å². The highest BCUT2D eigenvalue weighted by Crippen LogP contribution is 2.32. The number of amides is 1. The highest BCUT2D eigenvalue weighted by atomic mass is 35.5. The quantitative estimate of drug-likeness (QED) is 0.528. The first-order chi connectivity index (χ1) is 15.4. The van der Waals surface area contributed by atoms with Crippen LogP contribution in [0.25, 0.3) is 0 Å². The number of piperidine rings is 1. The molecule has 0 aliphatic carbocycles. The van der Waals surface area contributed by atoms with Gasteiger partial charge in [-0.2, -0.15) is 0 Å². The number of nitrogens with two attached hydrogens (primary N) is 1. The average Bonchev–Trinajstić information content (AvgIpc) is 2.80. The molecule has 4 rings (SSSR count). The van der Waals surface area contributed by atoms with Gasteiger partial charge in [-0.1, -0.05) is 30.3 Å². The van der Waals surface area contributed by atoms with Crippen LogP contribution < -0.4 is 20.5 Å². The van der Waals surface area contributed by atoms with Crippen molar-refractivity contribution in [2.75, 3.05) is 26.2 Å².